The zero-order valence-electron chi connectivity index (χ0n) is 11.5. The third-order valence-electron chi connectivity index (χ3n) is 3.14. The second-order valence-corrected chi connectivity index (χ2v) is 4.68. The van der Waals surface area contributed by atoms with E-state index in [1.165, 1.54) is 5.56 Å². The van der Waals surface area contributed by atoms with Crippen LogP contribution < -0.4 is 5.32 Å². The fourth-order valence-corrected chi connectivity index (χ4v) is 1.93. The number of aromatic nitrogens is 2. The first-order valence-electron chi connectivity index (χ1n) is 6.60. The number of anilines is 1. The van der Waals surface area contributed by atoms with Crippen molar-refractivity contribution in [2.24, 2.45) is 0 Å². The zero-order valence-corrected chi connectivity index (χ0v) is 11.5. The monoisotopic (exact) mass is 259 g/mol. The lowest BCUT2D eigenvalue weighted by Crippen LogP contribution is -2.09. The maximum absolute atomic E-state index is 5.03. The molecule has 0 amide bonds. The third kappa shape index (κ3) is 4.10. The van der Waals surface area contributed by atoms with Crippen LogP contribution in [-0.4, -0.2) is 30.0 Å². The van der Waals surface area contributed by atoms with Crippen molar-refractivity contribution in [2.75, 3.05) is 25.6 Å². The predicted molar refractivity (Wildman–Crippen MR) is 77.4 cm³/mol. The van der Waals surface area contributed by atoms with Gasteiger partial charge in [0.05, 0.1) is 25.0 Å². The van der Waals surface area contributed by atoms with Gasteiger partial charge in [-0.3, -0.25) is 4.68 Å². The van der Waals surface area contributed by atoms with Crippen molar-refractivity contribution in [3.63, 3.8) is 0 Å². The van der Waals surface area contributed by atoms with Crippen molar-refractivity contribution in [1.29, 1.82) is 0 Å². The number of nitrogens with one attached hydrogen (secondary N) is 1. The normalized spacial score (nSPS) is 12.3. The molecule has 1 heterocycles. The highest BCUT2D eigenvalue weighted by Crippen LogP contribution is 2.15. The molecule has 1 atom stereocenters. The van der Waals surface area contributed by atoms with Gasteiger partial charge in [-0.2, -0.15) is 5.10 Å². The van der Waals surface area contributed by atoms with E-state index in [1.54, 1.807) is 7.11 Å². The van der Waals surface area contributed by atoms with Gasteiger partial charge in [-0.25, -0.2) is 0 Å². The minimum atomic E-state index is 0.475. The van der Waals surface area contributed by atoms with Crippen LogP contribution in [0.4, 0.5) is 5.69 Å². The third-order valence-corrected chi connectivity index (χ3v) is 3.14. The highest BCUT2D eigenvalue weighted by atomic mass is 16.5. The molecule has 4 nitrogen and oxygen atoms in total. The van der Waals surface area contributed by atoms with E-state index >= 15 is 0 Å². The zero-order chi connectivity index (χ0) is 13.5. The fraction of sp³-hybridized carbons (Fsp3) is 0.400. The van der Waals surface area contributed by atoms with E-state index in [9.17, 15) is 0 Å². The summed E-state index contributed by atoms with van der Waals surface area (Å²) in [6.07, 6.45) is 3.87. The molecule has 1 aromatic carbocycles. The maximum atomic E-state index is 5.03. The van der Waals surface area contributed by atoms with Gasteiger partial charge in [-0.1, -0.05) is 37.3 Å². The average molecular weight is 259 g/mol. The van der Waals surface area contributed by atoms with Crippen LogP contribution in [0.1, 0.15) is 18.4 Å². The summed E-state index contributed by atoms with van der Waals surface area (Å²) >= 11 is 0. The fourth-order valence-electron chi connectivity index (χ4n) is 1.93. The van der Waals surface area contributed by atoms with Crippen LogP contribution in [0.5, 0.6) is 0 Å². The molecular formula is C15H21N3O. The summed E-state index contributed by atoms with van der Waals surface area (Å²) in [5.41, 5.74) is 2.40. The first-order valence-corrected chi connectivity index (χ1v) is 6.60. The largest absolute Gasteiger partial charge is 0.383 e. The van der Waals surface area contributed by atoms with E-state index in [4.69, 9.17) is 4.74 Å². The Kier molecular flexibility index (Phi) is 4.98. The van der Waals surface area contributed by atoms with E-state index in [-0.39, 0.29) is 0 Å². The average Bonchev–Trinajstić information content (AvgIpc) is 2.91. The van der Waals surface area contributed by atoms with Gasteiger partial charge in [0, 0.05) is 19.9 Å². The molecule has 0 fully saturated rings. The van der Waals surface area contributed by atoms with Crippen LogP contribution >= 0.6 is 0 Å². The standard InChI is InChI=1S/C15H21N3O/c1-13(14-6-4-3-5-7-14)10-16-15-11-17-18(12-15)8-9-19-2/h3-7,11-13,16H,8-10H2,1-2H3. The van der Waals surface area contributed by atoms with Crippen molar-refractivity contribution < 1.29 is 4.74 Å². The molecule has 1 aromatic heterocycles. The molecule has 0 bridgehead atoms. The SMILES string of the molecule is COCCn1cc(NCC(C)c2ccccc2)cn1. The molecule has 0 aliphatic rings. The second-order valence-electron chi connectivity index (χ2n) is 4.68. The quantitative estimate of drug-likeness (QED) is 0.831. The Labute approximate surface area is 114 Å². The summed E-state index contributed by atoms with van der Waals surface area (Å²) in [5.74, 6) is 0.475. The van der Waals surface area contributed by atoms with Crippen LogP contribution in [0.25, 0.3) is 0 Å². The van der Waals surface area contributed by atoms with Gasteiger partial charge in [-0.05, 0) is 11.5 Å². The second kappa shape index (κ2) is 6.95. The van der Waals surface area contributed by atoms with Gasteiger partial charge < -0.3 is 10.1 Å². The summed E-state index contributed by atoms with van der Waals surface area (Å²) in [5, 5.41) is 7.69. The highest BCUT2D eigenvalue weighted by molar-refractivity contribution is 5.38. The molecule has 0 aliphatic heterocycles. The Morgan fingerprint density at radius 2 is 2.11 bits per heavy atom. The van der Waals surface area contributed by atoms with E-state index in [0.29, 0.717) is 12.5 Å². The highest BCUT2D eigenvalue weighted by Gasteiger charge is 2.05. The predicted octanol–water partition coefficient (Wildman–Crippen LogP) is 2.75. The number of nitrogens with zero attached hydrogens (tertiary/aromatic N) is 2. The molecule has 4 heteroatoms. The smallest absolute Gasteiger partial charge is 0.0726 e. The van der Waals surface area contributed by atoms with E-state index < -0.39 is 0 Å². The molecule has 0 aliphatic carbocycles. The van der Waals surface area contributed by atoms with Crippen LogP contribution in [0, 0.1) is 0 Å². The number of hydrogen-bond donors (Lipinski definition) is 1. The minimum absolute atomic E-state index is 0.475. The van der Waals surface area contributed by atoms with Crippen molar-refractivity contribution in [3.8, 4) is 0 Å². The van der Waals surface area contributed by atoms with Crippen LogP contribution in [-0.2, 0) is 11.3 Å². The Balaban J connectivity index is 1.83. The van der Waals surface area contributed by atoms with Crippen LogP contribution in [0.3, 0.4) is 0 Å². The van der Waals surface area contributed by atoms with Crippen molar-refractivity contribution in [3.05, 3.63) is 48.3 Å². The Bertz CT molecular complexity index is 481. The molecule has 0 spiro atoms. The molecule has 2 aromatic rings. The summed E-state index contributed by atoms with van der Waals surface area (Å²) in [7, 11) is 1.70. The number of benzene rings is 1. The van der Waals surface area contributed by atoms with Crippen LogP contribution in [0.15, 0.2) is 42.7 Å². The maximum Gasteiger partial charge on any atom is 0.0726 e. The molecule has 1 N–H and O–H groups in total. The van der Waals surface area contributed by atoms with Crippen molar-refractivity contribution >= 4 is 5.69 Å². The summed E-state index contributed by atoms with van der Waals surface area (Å²) in [6.45, 7) is 4.59. The van der Waals surface area contributed by atoms with Crippen LogP contribution in [0.2, 0.25) is 0 Å². The summed E-state index contributed by atoms with van der Waals surface area (Å²) < 4.78 is 6.92. The molecule has 0 radical (unpaired) electrons. The first-order chi connectivity index (χ1) is 9.29. The van der Waals surface area contributed by atoms with Gasteiger partial charge in [0.2, 0.25) is 0 Å². The van der Waals surface area contributed by atoms with E-state index in [0.717, 1.165) is 18.8 Å². The molecule has 2 rings (SSSR count). The number of hydrogen-bond acceptors (Lipinski definition) is 3. The number of ether oxygens (including phenoxy) is 1. The number of rotatable bonds is 7. The van der Waals surface area contributed by atoms with E-state index in [2.05, 4.69) is 41.6 Å². The molecule has 1 unspecified atom stereocenters. The summed E-state index contributed by atoms with van der Waals surface area (Å²) in [6, 6.07) is 10.5. The lowest BCUT2D eigenvalue weighted by Gasteiger charge is -2.12. The van der Waals surface area contributed by atoms with Gasteiger partial charge in [0.25, 0.3) is 0 Å². The lowest BCUT2D eigenvalue weighted by molar-refractivity contribution is 0.183. The van der Waals surface area contributed by atoms with Gasteiger partial charge in [-0.15, -0.1) is 0 Å². The van der Waals surface area contributed by atoms with Crippen molar-refractivity contribution in [2.45, 2.75) is 19.4 Å². The van der Waals surface area contributed by atoms with Crippen molar-refractivity contribution in [1.82, 2.24) is 9.78 Å². The van der Waals surface area contributed by atoms with Gasteiger partial charge in [0.1, 0.15) is 0 Å². The first kappa shape index (κ1) is 13.6. The van der Waals surface area contributed by atoms with Gasteiger partial charge >= 0.3 is 0 Å². The lowest BCUT2D eigenvalue weighted by atomic mass is 10.0. The van der Waals surface area contributed by atoms with Gasteiger partial charge in [0.15, 0.2) is 0 Å². The Morgan fingerprint density at radius 3 is 2.84 bits per heavy atom. The Morgan fingerprint density at radius 1 is 1.32 bits per heavy atom. The molecule has 0 saturated carbocycles. The molecule has 0 saturated heterocycles. The summed E-state index contributed by atoms with van der Waals surface area (Å²) in [4.78, 5) is 0. The van der Waals surface area contributed by atoms with E-state index in [1.807, 2.05) is 23.1 Å². The topological polar surface area (TPSA) is 39.1 Å². The minimum Gasteiger partial charge on any atom is -0.383 e. The molecule has 102 valence electrons. The molecule has 19 heavy (non-hydrogen) atoms. The Hall–Kier alpha value is -1.81. The molecular weight excluding hydrogens is 238 g/mol. The number of methoxy groups -OCH3 is 1.